The van der Waals surface area contributed by atoms with E-state index in [0.29, 0.717) is 12.8 Å². The Balaban J connectivity index is 1.43. The van der Waals surface area contributed by atoms with Crippen LogP contribution in [-0.2, 0) is 33.2 Å². The number of nitrogens with one attached hydrogen (secondary N) is 1. The molecule has 3 saturated heterocycles. The van der Waals surface area contributed by atoms with Gasteiger partial charge in [0.1, 0.15) is 73.2 Å². The van der Waals surface area contributed by atoms with Crippen molar-refractivity contribution in [2.24, 2.45) is 0 Å². The molecule has 3 rings (SSSR count). The van der Waals surface area contributed by atoms with E-state index >= 15 is 0 Å². The summed E-state index contributed by atoms with van der Waals surface area (Å²) in [5, 5.41) is 121. The van der Waals surface area contributed by atoms with Crippen molar-refractivity contribution in [3.05, 3.63) is 36.5 Å². The Labute approximate surface area is 549 Å². The fourth-order valence-electron chi connectivity index (χ4n) is 12.4. The van der Waals surface area contributed by atoms with Crippen molar-refractivity contribution in [1.82, 2.24) is 5.32 Å². The maximum Gasteiger partial charge on any atom is 0.220 e. The summed E-state index contributed by atoms with van der Waals surface area (Å²) in [6.45, 7) is 1.74. The third-order valence-electron chi connectivity index (χ3n) is 18.4. The Bertz CT molecular complexity index is 1790. The highest BCUT2D eigenvalue weighted by Crippen LogP contribution is 2.33. The minimum absolute atomic E-state index is 0.234. The number of amides is 1. The molecule has 0 aromatic carbocycles. The monoisotopic (exact) mass is 1300 g/mol. The Morgan fingerprint density at radius 1 is 0.385 bits per heavy atom. The maximum atomic E-state index is 13.4. The van der Waals surface area contributed by atoms with Crippen LogP contribution in [0.3, 0.4) is 0 Å². The van der Waals surface area contributed by atoms with Crippen LogP contribution in [0, 0.1) is 0 Å². The van der Waals surface area contributed by atoms with E-state index in [-0.39, 0.29) is 18.9 Å². The number of carbonyl (C=O) groups is 1. The largest absolute Gasteiger partial charge is 0.394 e. The highest BCUT2D eigenvalue weighted by Gasteiger charge is 2.53. The lowest BCUT2D eigenvalue weighted by Gasteiger charge is -2.48. The molecule has 0 saturated carbocycles. The van der Waals surface area contributed by atoms with Crippen molar-refractivity contribution in [1.29, 1.82) is 0 Å². The molecule has 3 fully saturated rings. The molecule has 3 heterocycles. The van der Waals surface area contributed by atoms with E-state index in [1.165, 1.54) is 199 Å². The molecule has 91 heavy (non-hydrogen) atoms. The molecule has 19 nitrogen and oxygen atoms in total. The standard InChI is InChI=1S/C72H133NO18/c1-3-5-7-9-11-13-15-17-19-21-23-24-25-26-27-28-29-30-32-33-35-37-39-41-43-45-47-49-56(77)55(73-60(78)50-48-46-44-42-40-38-36-34-31-22-20-18-16-14-12-10-8-6-4-2)54-86-70-66(84)63(81)68(58(52-75)88-70)91-72-67(85)64(82)69(59(53-76)89-72)90-71-65(83)62(80)61(79)57(51-74)87-71/h18,20,39,41,47,49,55-59,61-72,74-77,79-85H,3-17,19,21-38,40,42-46,48,50-54H2,1-2H3,(H,73,78)/b20-18-,41-39+,49-47+. The number of rotatable bonds is 57. The van der Waals surface area contributed by atoms with Gasteiger partial charge in [-0.2, -0.15) is 0 Å². The van der Waals surface area contributed by atoms with E-state index in [1.54, 1.807) is 6.08 Å². The van der Waals surface area contributed by atoms with E-state index < -0.39 is 124 Å². The van der Waals surface area contributed by atoms with Crippen LogP contribution < -0.4 is 5.32 Å². The van der Waals surface area contributed by atoms with Crippen LogP contribution in [0.4, 0.5) is 0 Å². The fraction of sp³-hybridized carbons (Fsp3) is 0.903. The van der Waals surface area contributed by atoms with Crippen LogP contribution in [0.15, 0.2) is 36.5 Å². The Morgan fingerprint density at radius 3 is 1.10 bits per heavy atom. The summed E-state index contributed by atoms with van der Waals surface area (Å²) in [5.41, 5.74) is 0. The van der Waals surface area contributed by atoms with E-state index in [2.05, 4.69) is 43.5 Å². The van der Waals surface area contributed by atoms with Crippen LogP contribution in [0.25, 0.3) is 0 Å². The Hall–Kier alpha value is -1.99. The normalized spacial score (nSPS) is 28.0. The van der Waals surface area contributed by atoms with Crippen molar-refractivity contribution in [3.8, 4) is 0 Å². The molecule has 0 aliphatic carbocycles. The number of carbonyl (C=O) groups excluding carboxylic acids is 1. The van der Waals surface area contributed by atoms with Gasteiger partial charge in [-0.15, -0.1) is 0 Å². The molecule has 3 aliphatic heterocycles. The average Bonchev–Trinajstić information content (AvgIpc) is 0.886. The predicted molar refractivity (Wildman–Crippen MR) is 356 cm³/mol. The quantitative estimate of drug-likeness (QED) is 0.0199. The summed E-state index contributed by atoms with van der Waals surface area (Å²) in [7, 11) is 0. The van der Waals surface area contributed by atoms with Gasteiger partial charge in [0.05, 0.1) is 38.6 Å². The number of unbranched alkanes of at least 4 members (excludes halogenated alkanes) is 37. The van der Waals surface area contributed by atoms with Gasteiger partial charge in [0.2, 0.25) is 5.91 Å². The minimum Gasteiger partial charge on any atom is -0.394 e. The fourth-order valence-corrected chi connectivity index (χ4v) is 12.4. The van der Waals surface area contributed by atoms with Crippen molar-refractivity contribution in [3.63, 3.8) is 0 Å². The molecular weight excluding hydrogens is 1170 g/mol. The van der Waals surface area contributed by atoms with E-state index in [9.17, 15) is 61.0 Å². The van der Waals surface area contributed by atoms with Gasteiger partial charge in [0.15, 0.2) is 18.9 Å². The summed E-state index contributed by atoms with van der Waals surface area (Å²) >= 11 is 0. The molecule has 3 aliphatic rings. The van der Waals surface area contributed by atoms with Gasteiger partial charge in [-0.1, -0.05) is 256 Å². The van der Waals surface area contributed by atoms with Gasteiger partial charge < -0.3 is 89.9 Å². The number of hydrogen-bond acceptors (Lipinski definition) is 18. The minimum atomic E-state index is -1.98. The highest BCUT2D eigenvalue weighted by molar-refractivity contribution is 5.76. The van der Waals surface area contributed by atoms with Crippen LogP contribution in [0.1, 0.15) is 284 Å². The maximum absolute atomic E-state index is 13.4. The first-order valence-corrected chi connectivity index (χ1v) is 36.7. The summed E-state index contributed by atoms with van der Waals surface area (Å²) in [4.78, 5) is 13.4. The third-order valence-corrected chi connectivity index (χ3v) is 18.4. The smallest absolute Gasteiger partial charge is 0.220 e. The lowest BCUT2D eigenvalue weighted by molar-refractivity contribution is -0.379. The average molecular weight is 1300 g/mol. The summed E-state index contributed by atoms with van der Waals surface area (Å²) in [6.07, 6.45) is 37.0. The third kappa shape index (κ3) is 35.7. The molecular formula is C72H133NO18. The molecule has 12 N–H and O–H groups in total. The zero-order valence-electron chi connectivity index (χ0n) is 56.6. The molecule has 17 unspecified atom stereocenters. The SMILES string of the molecule is CCCCCCCC/C=C\CCCCCCCCCCCC(=O)NC(COC1OC(CO)C(OC2OC(CO)C(OC3OC(CO)C(O)C(O)C3O)C(O)C2O)C(O)C1O)C(O)/C=C/CC/C=C/CCCCCCCCCCCCCCCCCCCCCCC. The zero-order valence-corrected chi connectivity index (χ0v) is 56.6. The van der Waals surface area contributed by atoms with Crippen LogP contribution in [0.2, 0.25) is 0 Å². The van der Waals surface area contributed by atoms with Crippen LogP contribution in [-0.4, -0.2) is 193 Å². The molecule has 0 aromatic heterocycles. The molecule has 534 valence electrons. The first kappa shape index (κ1) is 83.2. The molecule has 0 radical (unpaired) electrons. The van der Waals surface area contributed by atoms with Crippen LogP contribution >= 0.6 is 0 Å². The van der Waals surface area contributed by atoms with Crippen molar-refractivity contribution < 1.29 is 89.4 Å². The van der Waals surface area contributed by atoms with Gasteiger partial charge in [0, 0.05) is 6.42 Å². The second-order valence-electron chi connectivity index (χ2n) is 26.4. The van der Waals surface area contributed by atoms with Gasteiger partial charge in [-0.25, -0.2) is 0 Å². The van der Waals surface area contributed by atoms with Gasteiger partial charge in [-0.05, 0) is 57.8 Å². The van der Waals surface area contributed by atoms with E-state index in [0.717, 1.165) is 51.4 Å². The van der Waals surface area contributed by atoms with Crippen molar-refractivity contribution in [2.45, 2.75) is 388 Å². The summed E-state index contributed by atoms with van der Waals surface area (Å²) < 4.78 is 34.4. The Kier molecular flexibility index (Phi) is 49.5. The number of allylic oxidation sites excluding steroid dienone is 5. The van der Waals surface area contributed by atoms with Crippen LogP contribution in [0.5, 0.6) is 0 Å². The predicted octanol–water partition coefficient (Wildman–Crippen LogP) is 10.4. The molecule has 0 spiro atoms. The van der Waals surface area contributed by atoms with E-state index in [1.807, 2.05) is 6.08 Å². The van der Waals surface area contributed by atoms with Gasteiger partial charge in [-0.3, -0.25) is 4.79 Å². The second kappa shape index (κ2) is 54.1. The lowest BCUT2D eigenvalue weighted by Crippen LogP contribution is -2.66. The summed E-state index contributed by atoms with van der Waals surface area (Å²) in [6, 6.07) is -0.991. The zero-order chi connectivity index (χ0) is 66.1. The first-order valence-electron chi connectivity index (χ1n) is 36.7. The number of aliphatic hydroxyl groups excluding tert-OH is 11. The first-order chi connectivity index (χ1) is 44.3. The molecule has 17 atom stereocenters. The topological polar surface area (TPSA) is 307 Å². The van der Waals surface area contributed by atoms with Gasteiger partial charge in [0.25, 0.3) is 0 Å². The molecule has 19 heteroatoms. The Morgan fingerprint density at radius 2 is 0.703 bits per heavy atom. The number of hydrogen-bond donors (Lipinski definition) is 12. The summed E-state index contributed by atoms with van der Waals surface area (Å²) in [5.74, 6) is -0.285. The molecule has 0 aromatic rings. The van der Waals surface area contributed by atoms with Crippen molar-refractivity contribution in [2.75, 3.05) is 26.4 Å². The molecule has 0 bridgehead atoms. The molecule has 1 amide bonds. The second-order valence-corrected chi connectivity index (χ2v) is 26.4. The van der Waals surface area contributed by atoms with Crippen molar-refractivity contribution >= 4 is 5.91 Å². The van der Waals surface area contributed by atoms with E-state index in [4.69, 9.17) is 28.4 Å². The number of ether oxygens (including phenoxy) is 6. The highest BCUT2D eigenvalue weighted by atomic mass is 16.8. The number of aliphatic hydroxyl groups is 11. The van der Waals surface area contributed by atoms with Gasteiger partial charge >= 0.3 is 0 Å². The lowest BCUT2D eigenvalue weighted by atomic mass is 9.96.